The van der Waals surface area contributed by atoms with E-state index < -0.39 is 6.09 Å². The highest BCUT2D eigenvalue weighted by Gasteiger charge is 2.15. The van der Waals surface area contributed by atoms with Gasteiger partial charge in [0, 0.05) is 47.2 Å². The summed E-state index contributed by atoms with van der Waals surface area (Å²) in [6.07, 6.45) is 4.78. The van der Waals surface area contributed by atoms with Gasteiger partial charge >= 0.3 is 6.09 Å². The number of rotatable bonds is 6. The number of carboxylic acid groups (broad SMARTS) is 1. The first-order valence-corrected chi connectivity index (χ1v) is 10.6. The maximum atomic E-state index is 11.4. The van der Waals surface area contributed by atoms with Crippen LogP contribution in [0.1, 0.15) is 11.3 Å². The van der Waals surface area contributed by atoms with Gasteiger partial charge in [-0.15, -0.1) is 0 Å². The molecule has 166 valence electrons. The second-order valence-corrected chi connectivity index (χ2v) is 7.96. The van der Waals surface area contributed by atoms with Crippen LogP contribution in [0.5, 0.6) is 5.75 Å². The van der Waals surface area contributed by atoms with Crippen LogP contribution in [-0.4, -0.2) is 43.6 Å². The maximum absolute atomic E-state index is 11.4. The predicted octanol–water partition coefficient (Wildman–Crippen LogP) is 4.36. The van der Waals surface area contributed by atoms with E-state index >= 15 is 0 Å². The molecule has 0 amide bonds. The molecular formula is C25H23N5O3. The lowest BCUT2D eigenvalue weighted by Crippen LogP contribution is -2.29. The van der Waals surface area contributed by atoms with E-state index in [-0.39, 0.29) is 6.10 Å². The van der Waals surface area contributed by atoms with Crippen molar-refractivity contribution in [1.29, 1.82) is 0 Å². The zero-order valence-electron chi connectivity index (χ0n) is 18.0. The van der Waals surface area contributed by atoms with Gasteiger partial charge in [-0.2, -0.15) is 9.78 Å². The van der Waals surface area contributed by atoms with Crippen molar-refractivity contribution in [3.05, 3.63) is 78.4 Å². The Labute approximate surface area is 189 Å². The largest absolute Gasteiger partial charge is 0.487 e. The molecule has 0 bridgehead atoms. The number of benzene rings is 2. The molecule has 0 radical (unpaired) electrons. The van der Waals surface area contributed by atoms with Crippen molar-refractivity contribution in [3.8, 4) is 16.9 Å². The molecule has 33 heavy (non-hydrogen) atoms. The molecule has 0 aliphatic carbocycles. The van der Waals surface area contributed by atoms with Gasteiger partial charge in [0.15, 0.2) is 0 Å². The number of aromatic amines is 1. The minimum atomic E-state index is -1.11. The van der Waals surface area contributed by atoms with Crippen molar-refractivity contribution >= 4 is 27.9 Å². The first-order chi connectivity index (χ1) is 16.0. The molecule has 0 fully saturated rings. The van der Waals surface area contributed by atoms with E-state index in [2.05, 4.69) is 21.1 Å². The summed E-state index contributed by atoms with van der Waals surface area (Å²) in [7, 11) is 0. The zero-order chi connectivity index (χ0) is 22.9. The van der Waals surface area contributed by atoms with Crippen molar-refractivity contribution in [3.63, 3.8) is 0 Å². The standard InChI is InChI=1S/C25H23N5O3/c1-15-22-10-16(6-7-24(22)30(29-15)25(31)32)17-8-20(14-27-12-17)33-19(11-26)9-18-13-28-23-5-3-2-4-21(18)23/h2-8,10,12-14,19,28H,9,11,26H2,1H3,(H,31,32). The number of hydrogen-bond acceptors (Lipinski definition) is 5. The van der Waals surface area contributed by atoms with Gasteiger partial charge in [0.05, 0.1) is 17.4 Å². The summed E-state index contributed by atoms with van der Waals surface area (Å²) in [4.78, 5) is 19.0. The van der Waals surface area contributed by atoms with Crippen LogP contribution in [0.2, 0.25) is 0 Å². The summed E-state index contributed by atoms with van der Waals surface area (Å²) in [6, 6.07) is 15.6. The Bertz CT molecular complexity index is 1470. The number of nitrogens with two attached hydrogens (primary N) is 1. The number of para-hydroxylation sites is 1. The summed E-state index contributed by atoms with van der Waals surface area (Å²) >= 11 is 0. The molecule has 2 aromatic carbocycles. The summed E-state index contributed by atoms with van der Waals surface area (Å²) in [6.45, 7) is 2.16. The van der Waals surface area contributed by atoms with E-state index in [1.54, 1.807) is 25.4 Å². The number of aryl methyl sites for hydroxylation is 1. The Morgan fingerprint density at radius 1 is 1.15 bits per heavy atom. The van der Waals surface area contributed by atoms with Crippen molar-refractivity contribution in [2.45, 2.75) is 19.4 Å². The van der Waals surface area contributed by atoms with Crippen LogP contribution in [0, 0.1) is 6.92 Å². The molecule has 3 heterocycles. The molecule has 5 rings (SSSR count). The summed E-state index contributed by atoms with van der Waals surface area (Å²) < 4.78 is 7.19. The third-order valence-corrected chi connectivity index (χ3v) is 5.78. The lowest BCUT2D eigenvalue weighted by molar-refractivity contribution is 0.194. The Morgan fingerprint density at radius 3 is 2.82 bits per heavy atom. The fraction of sp³-hybridized carbons (Fsp3) is 0.160. The van der Waals surface area contributed by atoms with Gasteiger partial charge in [-0.1, -0.05) is 24.3 Å². The van der Waals surface area contributed by atoms with Gasteiger partial charge in [-0.05, 0) is 42.3 Å². The summed E-state index contributed by atoms with van der Waals surface area (Å²) in [5.74, 6) is 0.626. The van der Waals surface area contributed by atoms with Crippen molar-refractivity contribution < 1.29 is 14.6 Å². The highest BCUT2D eigenvalue weighted by Crippen LogP contribution is 2.29. The molecule has 8 heteroatoms. The molecule has 1 atom stereocenters. The molecule has 0 aliphatic rings. The van der Waals surface area contributed by atoms with Crippen LogP contribution in [0.25, 0.3) is 32.9 Å². The number of fused-ring (bicyclic) bond motifs is 2. The van der Waals surface area contributed by atoms with E-state index in [9.17, 15) is 9.90 Å². The van der Waals surface area contributed by atoms with Gasteiger partial charge < -0.3 is 20.6 Å². The normalized spacial score (nSPS) is 12.3. The van der Waals surface area contributed by atoms with Crippen LogP contribution in [0.3, 0.4) is 0 Å². The van der Waals surface area contributed by atoms with Crippen LogP contribution < -0.4 is 10.5 Å². The van der Waals surface area contributed by atoms with E-state index in [1.165, 1.54) is 0 Å². The predicted molar refractivity (Wildman–Crippen MR) is 127 cm³/mol. The quantitative estimate of drug-likeness (QED) is 0.360. The van der Waals surface area contributed by atoms with Crippen molar-refractivity contribution in [2.75, 3.05) is 6.54 Å². The molecule has 0 spiro atoms. The highest BCUT2D eigenvalue weighted by atomic mass is 16.5. The first kappa shape index (κ1) is 20.7. The van der Waals surface area contributed by atoms with E-state index in [0.717, 1.165) is 37.7 Å². The van der Waals surface area contributed by atoms with Gasteiger partial charge in [0.1, 0.15) is 11.9 Å². The summed E-state index contributed by atoms with van der Waals surface area (Å²) in [5.41, 5.74) is 11.2. The topological polar surface area (TPSA) is 119 Å². The first-order valence-electron chi connectivity index (χ1n) is 10.6. The fourth-order valence-corrected chi connectivity index (χ4v) is 4.15. The average Bonchev–Trinajstić information content (AvgIpc) is 3.39. The third kappa shape index (κ3) is 3.92. The number of hydrogen-bond donors (Lipinski definition) is 3. The number of nitrogens with one attached hydrogen (secondary N) is 1. The van der Waals surface area contributed by atoms with E-state index in [0.29, 0.717) is 29.9 Å². The lowest BCUT2D eigenvalue weighted by Gasteiger charge is -2.17. The Kier molecular flexibility index (Phi) is 5.27. The second-order valence-electron chi connectivity index (χ2n) is 7.96. The van der Waals surface area contributed by atoms with E-state index in [1.807, 2.05) is 42.6 Å². The lowest BCUT2D eigenvalue weighted by atomic mass is 10.0. The number of H-pyrrole nitrogens is 1. The molecular weight excluding hydrogens is 418 g/mol. The molecule has 0 saturated heterocycles. The molecule has 3 aromatic heterocycles. The van der Waals surface area contributed by atoms with Crippen LogP contribution >= 0.6 is 0 Å². The summed E-state index contributed by atoms with van der Waals surface area (Å²) in [5, 5.41) is 15.4. The van der Waals surface area contributed by atoms with Gasteiger partial charge in [0.25, 0.3) is 0 Å². The third-order valence-electron chi connectivity index (χ3n) is 5.78. The zero-order valence-corrected chi connectivity index (χ0v) is 18.0. The fourth-order valence-electron chi connectivity index (χ4n) is 4.15. The average molecular weight is 441 g/mol. The number of pyridine rings is 1. The molecule has 4 N–H and O–H groups in total. The minimum Gasteiger partial charge on any atom is -0.487 e. The minimum absolute atomic E-state index is 0.209. The van der Waals surface area contributed by atoms with Crippen LogP contribution in [0.15, 0.2) is 67.1 Å². The van der Waals surface area contributed by atoms with E-state index in [4.69, 9.17) is 10.5 Å². The monoisotopic (exact) mass is 441 g/mol. The smallest absolute Gasteiger partial charge is 0.432 e. The second kappa shape index (κ2) is 8.40. The van der Waals surface area contributed by atoms with Crippen LogP contribution in [0.4, 0.5) is 4.79 Å². The molecule has 5 aromatic rings. The molecule has 0 saturated carbocycles. The van der Waals surface area contributed by atoms with Crippen molar-refractivity contribution in [2.24, 2.45) is 5.73 Å². The van der Waals surface area contributed by atoms with Gasteiger partial charge in [0.2, 0.25) is 0 Å². The van der Waals surface area contributed by atoms with Gasteiger partial charge in [-0.25, -0.2) is 4.79 Å². The number of carbonyl (C=O) groups is 1. The Morgan fingerprint density at radius 2 is 2.00 bits per heavy atom. The molecule has 0 aliphatic heterocycles. The van der Waals surface area contributed by atoms with Crippen LogP contribution in [-0.2, 0) is 6.42 Å². The molecule has 8 nitrogen and oxygen atoms in total. The maximum Gasteiger partial charge on any atom is 0.432 e. The number of nitrogens with zero attached hydrogens (tertiary/aromatic N) is 3. The Hall–Kier alpha value is -4.17. The number of aromatic nitrogens is 4. The Balaban J connectivity index is 1.40. The van der Waals surface area contributed by atoms with Gasteiger partial charge in [-0.3, -0.25) is 4.98 Å². The SMILES string of the molecule is Cc1nn(C(=O)O)c2ccc(-c3cncc(OC(CN)Cc4c[nH]c5ccccc45)c3)cc12. The number of ether oxygens (including phenoxy) is 1. The highest BCUT2D eigenvalue weighted by molar-refractivity contribution is 5.92. The van der Waals surface area contributed by atoms with Crippen molar-refractivity contribution in [1.82, 2.24) is 19.7 Å². The molecule has 1 unspecified atom stereocenters.